The lowest BCUT2D eigenvalue weighted by Gasteiger charge is -2.31. The number of piperidine rings is 1. The van der Waals surface area contributed by atoms with E-state index < -0.39 is 0 Å². The van der Waals surface area contributed by atoms with E-state index in [-0.39, 0.29) is 5.82 Å². The molecule has 1 aliphatic rings. The zero-order valence-corrected chi connectivity index (χ0v) is 16.9. The highest BCUT2D eigenvalue weighted by Crippen LogP contribution is 2.31. The van der Waals surface area contributed by atoms with Gasteiger partial charge in [-0.1, -0.05) is 18.2 Å². The van der Waals surface area contributed by atoms with Crippen LogP contribution in [0, 0.1) is 5.82 Å². The number of hydrogen-bond acceptors (Lipinski definition) is 4. The van der Waals surface area contributed by atoms with E-state index in [1.54, 1.807) is 13.2 Å². The van der Waals surface area contributed by atoms with Crippen molar-refractivity contribution in [1.29, 1.82) is 0 Å². The number of hydrogen-bond donors (Lipinski definition) is 2. The summed E-state index contributed by atoms with van der Waals surface area (Å²) in [5.41, 5.74) is 4.49. The normalized spacial score (nSPS) is 15.7. The molecule has 0 unspecified atom stereocenters. The molecule has 7 heteroatoms. The second-order valence-electron chi connectivity index (χ2n) is 7.81. The van der Waals surface area contributed by atoms with Crippen molar-refractivity contribution < 1.29 is 9.13 Å². The maximum atomic E-state index is 14.0. The van der Waals surface area contributed by atoms with Crippen molar-refractivity contribution in [1.82, 2.24) is 25.1 Å². The Kier molecular flexibility index (Phi) is 4.96. The van der Waals surface area contributed by atoms with Crippen LogP contribution in [0.4, 0.5) is 4.39 Å². The summed E-state index contributed by atoms with van der Waals surface area (Å²) in [6, 6.07) is 13.1. The third-order valence-corrected chi connectivity index (χ3v) is 5.93. The van der Waals surface area contributed by atoms with Gasteiger partial charge in [0.1, 0.15) is 17.1 Å². The Hall–Kier alpha value is -3.19. The van der Waals surface area contributed by atoms with Crippen LogP contribution in [-0.2, 0) is 6.54 Å². The van der Waals surface area contributed by atoms with Gasteiger partial charge in [-0.05, 0) is 50.2 Å². The third-order valence-electron chi connectivity index (χ3n) is 5.93. The van der Waals surface area contributed by atoms with Crippen LogP contribution in [0.25, 0.3) is 22.3 Å². The van der Waals surface area contributed by atoms with E-state index >= 15 is 0 Å². The number of methoxy groups -OCH3 is 1. The SMILES string of the molecule is COc1cccc(-c2[nH]ncc2CN2CCC(c3nc4c(F)cccc4[nH]3)CC2)c1. The predicted molar refractivity (Wildman–Crippen MR) is 114 cm³/mol. The molecule has 5 rings (SSSR count). The second-order valence-corrected chi connectivity index (χ2v) is 7.81. The molecule has 3 heterocycles. The van der Waals surface area contributed by atoms with Crippen molar-refractivity contribution in [2.45, 2.75) is 25.3 Å². The van der Waals surface area contributed by atoms with Gasteiger partial charge in [0, 0.05) is 23.6 Å². The molecule has 2 N–H and O–H groups in total. The molecule has 2 aromatic carbocycles. The fourth-order valence-electron chi connectivity index (χ4n) is 4.27. The molecule has 0 aliphatic carbocycles. The van der Waals surface area contributed by atoms with Crippen LogP contribution in [0.5, 0.6) is 5.75 Å². The van der Waals surface area contributed by atoms with Gasteiger partial charge in [-0.15, -0.1) is 0 Å². The van der Waals surface area contributed by atoms with Crippen LogP contribution >= 0.6 is 0 Å². The van der Waals surface area contributed by atoms with Gasteiger partial charge in [0.2, 0.25) is 0 Å². The Balaban J connectivity index is 1.27. The minimum atomic E-state index is -0.266. The summed E-state index contributed by atoms with van der Waals surface area (Å²) in [5, 5.41) is 7.41. The van der Waals surface area contributed by atoms with Crippen LogP contribution in [0.15, 0.2) is 48.7 Å². The van der Waals surface area contributed by atoms with E-state index in [0.717, 1.165) is 60.8 Å². The van der Waals surface area contributed by atoms with Crippen LogP contribution in [0.2, 0.25) is 0 Å². The Morgan fingerprint density at radius 3 is 2.80 bits per heavy atom. The van der Waals surface area contributed by atoms with Crippen molar-refractivity contribution in [3.8, 4) is 17.0 Å². The first-order chi connectivity index (χ1) is 14.7. The Bertz CT molecular complexity index is 1160. The minimum Gasteiger partial charge on any atom is -0.497 e. The fraction of sp³-hybridized carbons (Fsp3) is 0.304. The van der Waals surface area contributed by atoms with Gasteiger partial charge in [0.25, 0.3) is 0 Å². The molecule has 4 aromatic rings. The van der Waals surface area contributed by atoms with Crippen molar-refractivity contribution in [2.75, 3.05) is 20.2 Å². The van der Waals surface area contributed by atoms with E-state index in [0.29, 0.717) is 11.4 Å². The van der Waals surface area contributed by atoms with E-state index in [1.807, 2.05) is 30.5 Å². The number of nitrogens with zero attached hydrogens (tertiary/aromatic N) is 3. The summed E-state index contributed by atoms with van der Waals surface area (Å²) in [4.78, 5) is 10.3. The van der Waals surface area contributed by atoms with Gasteiger partial charge in [0.05, 0.1) is 24.5 Å². The van der Waals surface area contributed by atoms with Gasteiger partial charge in [-0.3, -0.25) is 10.00 Å². The topological polar surface area (TPSA) is 69.8 Å². The van der Waals surface area contributed by atoms with Crippen LogP contribution in [0.3, 0.4) is 0 Å². The van der Waals surface area contributed by atoms with Crippen molar-refractivity contribution in [2.24, 2.45) is 0 Å². The van der Waals surface area contributed by atoms with Gasteiger partial charge < -0.3 is 9.72 Å². The molecule has 1 aliphatic heterocycles. The largest absolute Gasteiger partial charge is 0.497 e. The first-order valence-corrected chi connectivity index (χ1v) is 10.2. The fourth-order valence-corrected chi connectivity index (χ4v) is 4.27. The minimum absolute atomic E-state index is 0.266. The lowest BCUT2D eigenvalue weighted by molar-refractivity contribution is 0.202. The molecular weight excluding hydrogens is 381 g/mol. The summed E-state index contributed by atoms with van der Waals surface area (Å²) in [5.74, 6) is 1.79. The van der Waals surface area contributed by atoms with E-state index in [9.17, 15) is 4.39 Å². The van der Waals surface area contributed by atoms with Crippen LogP contribution in [-0.4, -0.2) is 45.3 Å². The molecule has 0 atom stereocenters. The number of aromatic amines is 2. The summed E-state index contributed by atoms with van der Waals surface area (Å²) in [7, 11) is 1.67. The second kappa shape index (κ2) is 7.91. The first kappa shape index (κ1) is 18.8. The Morgan fingerprint density at radius 1 is 1.17 bits per heavy atom. The number of imidazole rings is 1. The van der Waals surface area contributed by atoms with E-state index in [4.69, 9.17) is 4.74 Å². The Morgan fingerprint density at radius 2 is 2.00 bits per heavy atom. The lowest BCUT2D eigenvalue weighted by atomic mass is 9.95. The number of aromatic nitrogens is 4. The highest BCUT2D eigenvalue weighted by molar-refractivity contribution is 5.75. The van der Waals surface area contributed by atoms with E-state index in [2.05, 4.69) is 31.1 Å². The van der Waals surface area contributed by atoms with Crippen molar-refractivity contribution in [3.63, 3.8) is 0 Å². The third kappa shape index (κ3) is 3.57. The summed E-state index contributed by atoms with van der Waals surface area (Å²) in [6.45, 7) is 2.77. The maximum absolute atomic E-state index is 14.0. The average Bonchev–Trinajstić information content (AvgIpc) is 3.42. The molecule has 2 aromatic heterocycles. The number of rotatable bonds is 5. The van der Waals surface area contributed by atoms with Gasteiger partial charge in [-0.25, -0.2) is 9.37 Å². The summed E-state index contributed by atoms with van der Waals surface area (Å²) >= 11 is 0. The monoisotopic (exact) mass is 405 g/mol. The highest BCUT2D eigenvalue weighted by atomic mass is 19.1. The molecule has 1 fully saturated rings. The molecule has 1 saturated heterocycles. The molecule has 0 spiro atoms. The number of nitrogens with one attached hydrogen (secondary N) is 2. The lowest BCUT2D eigenvalue weighted by Crippen LogP contribution is -2.32. The molecule has 154 valence electrons. The number of halogens is 1. The molecular formula is C23H24FN5O. The summed E-state index contributed by atoms with van der Waals surface area (Å²) < 4.78 is 19.3. The van der Waals surface area contributed by atoms with Crippen LogP contribution in [0.1, 0.15) is 30.1 Å². The number of fused-ring (bicyclic) bond motifs is 1. The molecule has 0 radical (unpaired) electrons. The zero-order chi connectivity index (χ0) is 20.5. The number of H-pyrrole nitrogens is 2. The quantitative estimate of drug-likeness (QED) is 0.514. The van der Waals surface area contributed by atoms with Crippen molar-refractivity contribution >= 4 is 11.0 Å². The number of likely N-dealkylation sites (tertiary alicyclic amines) is 1. The molecule has 30 heavy (non-hydrogen) atoms. The molecule has 6 nitrogen and oxygen atoms in total. The first-order valence-electron chi connectivity index (χ1n) is 10.2. The number of benzene rings is 2. The van der Waals surface area contributed by atoms with Gasteiger partial charge in [0.15, 0.2) is 5.82 Å². The molecule has 0 saturated carbocycles. The average molecular weight is 405 g/mol. The van der Waals surface area contributed by atoms with Gasteiger partial charge in [-0.2, -0.15) is 5.10 Å². The van der Waals surface area contributed by atoms with Gasteiger partial charge >= 0.3 is 0 Å². The standard InChI is InChI=1S/C23H24FN5O/c1-30-18-5-2-4-16(12-18)21-17(13-25-28-21)14-29-10-8-15(9-11-29)23-26-20-7-3-6-19(24)22(20)27-23/h2-7,12-13,15H,8-11,14H2,1H3,(H,25,28)(H,26,27). The maximum Gasteiger partial charge on any atom is 0.151 e. The summed E-state index contributed by atoms with van der Waals surface area (Å²) in [6.07, 6.45) is 3.89. The zero-order valence-electron chi connectivity index (χ0n) is 16.9. The number of para-hydroxylation sites is 1. The highest BCUT2D eigenvalue weighted by Gasteiger charge is 2.24. The van der Waals surface area contributed by atoms with E-state index in [1.165, 1.54) is 11.6 Å². The molecule has 0 amide bonds. The smallest absolute Gasteiger partial charge is 0.151 e. The Labute approximate surface area is 174 Å². The number of ether oxygens (including phenoxy) is 1. The predicted octanol–water partition coefficient (Wildman–Crippen LogP) is 4.48. The van der Waals surface area contributed by atoms with Crippen LogP contribution < -0.4 is 4.74 Å². The molecule has 0 bridgehead atoms. The van der Waals surface area contributed by atoms with Crippen molar-refractivity contribution in [3.05, 3.63) is 65.9 Å².